The van der Waals surface area contributed by atoms with Crippen molar-refractivity contribution in [3.8, 4) is 0 Å². The van der Waals surface area contributed by atoms with Crippen LogP contribution in [0.2, 0.25) is 0 Å². The lowest BCUT2D eigenvalue weighted by atomic mass is 10.00. The number of benzene rings is 1. The molecule has 0 bridgehead atoms. The topological polar surface area (TPSA) is 38.7 Å². The van der Waals surface area contributed by atoms with Crippen LogP contribution in [0, 0.1) is 0 Å². The third-order valence-electron chi connectivity index (χ3n) is 7.44. The Balaban J connectivity index is 1.22. The van der Waals surface area contributed by atoms with E-state index in [4.69, 9.17) is 0 Å². The van der Waals surface area contributed by atoms with Crippen LogP contribution in [0.5, 0.6) is 0 Å². The van der Waals surface area contributed by atoms with Crippen LogP contribution >= 0.6 is 0 Å². The Morgan fingerprint density at radius 1 is 0.867 bits per heavy atom. The van der Waals surface area contributed by atoms with Crippen LogP contribution in [-0.4, -0.2) is 85.2 Å². The summed E-state index contributed by atoms with van der Waals surface area (Å²) in [6.07, 6.45) is 9.75. The number of piperidine rings is 1. The predicted molar refractivity (Wildman–Crippen MR) is 125 cm³/mol. The van der Waals surface area contributed by atoms with Gasteiger partial charge in [-0.3, -0.25) is 4.90 Å². The highest BCUT2D eigenvalue weighted by Gasteiger charge is 2.23. The molecule has 3 aliphatic heterocycles. The average Bonchev–Trinajstić information content (AvgIpc) is 3.33. The highest BCUT2D eigenvalue weighted by Crippen LogP contribution is 2.30. The summed E-state index contributed by atoms with van der Waals surface area (Å²) in [5.41, 5.74) is 2.38. The van der Waals surface area contributed by atoms with Crippen molar-refractivity contribution in [3.05, 3.63) is 24.5 Å². The van der Waals surface area contributed by atoms with Gasteiger partial charge < -0.3 is 14.7 Å². The van der Waals surface area contributed by atoms with Gasteiger partial charge in [-0.05, 0) is 70.4 Å². The molecule has 0 radical (unpaired) electrons. The molecule has 6 heteroatoms. The van der Waals surface area contributed by atoms with Gasteiger partial charge in [0.15, 0.2) is 0 Å². The zero-order valence-corrected chi connectivity index (χ0v) is 18.5. The van der Waals surface area contributed by atoms with E-state index in [9.17, 15) is 0 Å². The molecule has 0 aliphatic carbocycles. The molecule has 0 N–H and O–H groups in total. The van der Waals surface area contributed by atoms with Crippen molar-refractivity contribution in [2.45, 2.75) is 44.6 Å². The summed E-state index contributed by atoms with van der Waals surface area (Å²) >= 11 is 0. The maximum absolute atomic E-state index is 4.65. The van der Waals surface area contributed by atoms with Gasteiger partial charge in [-0.15, -0.1) is 0 Å². The van der Waals surface area contributed by atoms with Crippen LogP contribution in [0.1, 0.15) is 38.5 Å². The average molecular weight is 409 g/mol. The second-order valence-corrected chi connectivity index (χ2v) is 9.34. The molecule has 0 saturated carbocycles. The van der Waals surface area contributed by atoms with E-state index in [1.54, 1.807) is 6.33 Å². The second-order valence-electron chi connectivity index (χ2n) is 9.34. The fraction of sp³-hybridized carbons (Fsp3) is 0.667. The lowest BCUT2D eigenvalue weighted by molar-refractivity contribution is 0.151. The summed E-state index contributed by atoms with van der Waals surface area (Å²) < 4.78 is 0. The van der Waals surface area contributed by atoms with Crippen LogP contribution in [0.25, 0.3) is 10.9 Å². The van der Waals surface area contributed by atoms with Crippen molar-refractivity contribution in [1.82, 2.24) is 19.8 Å². The first-order valence-electron chi connectivity index (χ1n) is 12.0. The smallest absolute Gasteiger partial charge is 0.139 e. The minimum atomic E-state index is 0.793. The van der Waals surface area contributed by atoms with Crippen molar-refractivity contribution >= 4 is 22.4 Å². The number of hydrogen-bond donors (Lipinski definition) is 0. The van der Waals surface area contributed by atoms with Crippen molar-refractivity contribution in [2.24, 2.45) is 0 Å². The van der Waals surface area contributed by atoms with Gasteiger partial charge in [0.25, 0.3) is 0 Å². The van der Waals surface area contributed by atoms with E-state index in [0.29, 0.717) is 0 Å². The van der Waals surface area contributed by atoms with Crippen molar-refractivity contribution < 1.29 is 0 Å². The zero-order valence-electron chi connectivity index (χ0n) is 18.5. The normalized spacial score (nSPS) is 24.1. The van der Waals surface area contributed by atoms with Crippen LogP contribution in [0.3, 0.4) is 0 Å². The summed E-state index contributed by atoms with van der Waals surface area (Å²) in [4.78, 5) is 19.4. The minimum Gasteiger partial charge on any atom is -0.369 e. The van der Waals surface area contributed by atoms with E-state index < -0.39 is 0 Å². The number of hydrogen-bond acceptors (Lipinski definition) is 6. The standard InChI is InChI=1S/C24H36N6/c1-27-10-3-2-6-20(27)9-13-28-14-16-29(17-15-28)21-7-8-23-22(18-21)24(26-19-25-23)30-11-4-5-12-30/h7-8,18-20H,2-6,9-17H2,1H3. The lowest BCUT2D eigenvalue weighted by Gasteiger charge is -2.38. The number of anilines is 2. The Kier molecular flexibility index (Phi) is 6.05. The van der Waals surface area contributed by atoms with Crippen molar-refractivity contribution in [3.63, 3.8) is 0 Å². The fourth-order valence-corrected chi connectivity index (χ4v) is 5.48. The molecule has 1 aromatic heterocycles. The molecule has 1 aromatic carbocycles. The summed E-state index contributed by atoms with van der Waals surface area (Å²) in [5.74, 6) is 1.12. The monoisotopic (exact) mass is 408 g/mol. The number of fused-ring (bicyclic) bond motifs is 1. The molecule has 4 heterocycles. The Hall–Kier alpha value is -1.92. The molecule has 30 heavy (non-hydrogen) atoms. The molecule has 0 amide bonds. The minimum absolute atomic E-state index is 0.793. The summed E-state index contributed by atoms with van der Waals surface area (Å²) in [6.45, 7) is 9.31. The lowest BCUT2D eigenvalue weighted by Crippen LogP contribution is -2.48. The van der Waals surface area contributed by atoms with Gasteiger partial charge in [0.2, 0.25) is 0 Å². The number of rotatable bonds is 5. The van der Waals surface area contributed by atoms with E-state index in [1.807, 2.05) is 0 Å². The Morgan fingerprint density at radius 3 is 2.47 bits per heavy atom. The van der Waals surface area contributed by atoms with Gasteiger partial charge >= 0.3 is 0 Å². The fourth-order valence-electron chi connectivity index (χ4n) is 5.48. The van der Waals surface area contributed by atoms with Gasteiger partial charge in [-0.25, -0.2) is 9.97 Å². The molecule has 1 atom stereocenters. The van der Waals surface area contributed by atoms with E-state index in [-0.39, 0.29) is 0 Å². The van der Waals surface area contributed by atoms with Crippen molar-refractivity contribution in [1.29, 1.82) is 0 Å². The SMILES string of the molecule is CN1CCCCC1CCN1CCN(c2ccc3ncnc(N4CCCC4)c3c2)CC1. The molecule has 2 aromatic rings. The largest absolute Gasteiger partial charge is 0.369 e. The van der Waals surface area contributed by atoms with Crippen LogP contribution in [0.4, 0.5) is 11.5 Å². The summed E-state index contributed by atoms with van der Waals surface area (Å²) in [7, 11) is 2.31. The third kappa shape index (κ3) is 4.26. The van der Waals surface area contributed by atoms with E-state index in [0.717, 1.165) is 43.6 Å². The van der Waals surface area contributed by atoms with Crippen LogP contribution in [-0.2, 0) is 0 Å². The van der Waals surface area contributed by atoms with Crippen LogP contribution in [0.15, 0.2) is 24.5 Å². The zero-order chi connectivity index (χ0) is 20.3. The number of likely N-dealkylation sites (tertiary alicyclic amines) is 1. The van der Waals surface area contributed by atoms with E-state index in [2.05, 4.69) is 54.8 Å². The first-order valence-corrected chi connectivity index (χ1v) is 12.0. The Bertz CT molecular complexity index is 841. The molecule has 1 unspecified atom stereocenters. The first kappa shape index (κ1) is 20.0. The molecule has 3 saturated heterocycles. The van der Waals surface area contributed by atoms with Gasteiger partial charge in [0, 0.05) is 56.4 Å². The predicted octanol–water partition coefficient (Wildman–Crippen LogP) is 3.23. The molecule has 6 nitrogen and oxygen atoms in total. The quantitative estimate of drug-likeness (QED) is 0.756. The molecule has 3 fully saturated rings. The number of piperazine rings is 1. The maximum Gasteiger partial charge on any atom is 0.139 e. The molecular weight excluding hydrogens is 372 g/mol. The van der Waals surface area contributed by atoms with Gasteiger partial charge in [0.05, 0.1) is 5.52 Å². The summed E-state index contributed by atoms with van der Waals surface area (Å²) in [6, 6.07) is 7.55. The van der Waals surface area contributed by atoms with Crippen LogP contribution < -0.4 is 9.80 Å². The highest BCUT2D eigenvalue weighted by molar-refractivity contribution is 5.92. The third-order valence-corrected chi connectivity index (χ3v) is 7.44. The van der Waals surface area contributed by atoms with Gasteiger partial charge in [-0.1, -0.05) is 6.42 Å². The maximum atomic E-state index is 4.65. The molecule has 5 rings (SSSR count). The second kappa shape index (κ2) is 9.06. The molecule has 0 spiro atoms. The number of aromatic nitrogens is 2. The molecule has 162 valence electrons. The van der Waals surface area contributed by atoms with Gasteiger partial charge in [0.1, 0.15) is 12.1 Å². The summed E-state index contributed by atoms with van der Waals surface area (Å²) in [5, 5.41) is 1.21. The highest BCUT2D eigenvalue weighted by atomic mass is 15.3. The van der Waals surface area contributed by atoms with E-state index in [1.165, 1.54) is 75.8 Å². The van der Waals surface area contributed by atoms with Gasteiger partial charge in [-0.2, -0.15) is 0 Å². The number of nitrogens with zero attached hydrogens (tertiary/aromatic N) is 6. The molecular formula is C24H36N6. The van der Waals surface area contributed by atoms with Crippen molar-refractivity contribution in [2.75, 3.05) is 69.2 Å². The van der Waals surface area contributed by atoms with E-state index >= 15 is 0 Å². The first-order chi connectivity index (χ1) is 14.8. The Morgan fingerprint density at radius 2 is 1.67 bits per heavy atom. The molecule has 3 aliphatic rings. The Labute approximate surface area is 180 Å².